The van der Waals surface area contributed by atoms with Crippen molar-refractivity contribution in [3.8, 4) is 0 Å². The third-order valence-corrected chi connectivity index (χ3v) is 6.81. The number of ether oxygens (including phenoxy) is 1. The van der Waals surface area contributed by atoms with Crippen molar-refractivity contribution in [2.75, 3.05) is 19.4 Å². The highest BCUT2D eigenvalue weighted by Gasteiger charge is 2.24. The van der Waals surface area contributed by atoms with Crippen LogP contribution in [0.2, 0.25) is 0 Å². The van der Waals surface area contributed by atoms with Gasteiger partial charge in [0.1, 0.15) is 11.4 Å². The minimum absolute atomic E-state index is 0.0498. The largest absolute Gasteiger partial charge is 0.468 e. The minimum atomic E-state index is -0.514. The maximum atomic E-state index is 13.2. The van der Waals surface area contributed by atoms with E-state index >= 15 is 0 Å². The number of thiophene rings is 1. The van der Waals surface area contributed by atoms with Crippen LogP contribution in [-0.4, -0.2) is 40.8 Å². The molecule has 1 aliphatic rings. The number of hydrogen-bond acceptors (Lipinski definition) is 7. The lowest BCUT2D eigenvalue weighted by Crippen LogP contribution is -2.31. The van der Waals surface area contributed by atoms with Gasteiger partial charge in [0.05, 0.1) is 18.2 Å². The normalized spacial score (nSPS) is 15.9. The van der Waals surface area contributed by atoms with Crippen LogP contribution in [0.5, 0.6) is 0 Å². The molecule has 1 atom stereocenters. The lowest BCUT2D eigenvalue weighted by atomic mass is 9.89. The fourth-order valence-electron chi connectivity index (χ4n) is 3.23. The van der Waals surface area contributed by atoms with Crippen LogP contribution in [0.4, 0.5) is 0 Å². The number of rotatable bonds is 7. The predicted molar refractivity (Wildman–Crippen MR) is 111 cm³/mol. The molecule has 2 heterocycles. The summed E-state index contributed by atoms with van der Waals surface area (Å²) in [5.74, 6) is -0.175. The van der Waals surface area contributed by atoms with E-state index in [-0.39, 0.29) is 23.8 Å². The van der Waals surface area contributed by atoms with Gasteiger partial charge in [0, 0.05) is 11.4 Å². The molecule has 0 spiro atoms. The number of nitrogens with one attached hydrogen (secondary N) is 1. The van der Waals surface area contributed by atoms with E-state index < -0.39 is 5.97 Å². The number of hydrogen-bond donors (Lipinski definition) is 1. The van der Waals surface area contributed by atoms with Crippen molar-refractivity contribution in [2.24, 2.45) is 5.92 Å². The zero-order valence-corrected chi connectivity index (χ0v) is 17.6. The number of methoxy groups -OCH3 is 1. The molecule has 0 aliphatic heterocycles. The first-order valence-corrected chi connectivity index (χ1v) is 10.9. The van der Waals surface area contributed by atoms with Gasteiger partial charge in [-0.25, -0.2) is 4.98 Å². The van der Waals surface area contributed by atoms with Crippen LogP contribution in [0.3, 0.4) is 0 Å². The summed E-state index contributed by atoms with van der Waals surface area (Å²) in [4.78, 5) is 42.9. The average molecular weight is 422 g/mol. The number of thioether (sulfide) groups is 1. The Kier molecular flexibility index (Phi) is 6.56. The van der Waals surface area contributed by atoms with Crippen molar-refractivity contribution in [3.05, 3.63) is 33.4 Å². The number of aryl methyl sites for hydroxylation is 1. The molecule has 150 valence electrons. The Hall–Kier alpha value is -2.13. The summed E-state index contributed by atoms with van der Waals surface area (Å²) < 4.78 is 6.07. The minimum Gasteiger partial charge on any atom is -0.468 e. The van der Waals surface area contributed by atoms with Gasteiger partial charge in [-0.05, 0) is 30.7 Å². The second kappa shape index (κ2) is 8.91. The maximum absolute atomic E-state index is 13.2. The maximum Gasteiger partial charge on any atom is 0.325 e. The molecule has 0 saturated heterocycles. The third kappa shape index (κ3) is 4.30. The van der Waals surface area contributed by atoms with Crippen molar-refractivity contribution < 1.29 is 14.3 Å². The lowest BCUT2D eigenvalue weighted by molar-refractivity contribution is -0.140. The molecule has 1 amide bonds. The summed E-state index contributed by atoms with van der Waals surface area (Å²) in [6.45, 7) is 6.10. The molecule has 0 bridgehead atoms. The van der Waals surface area contributed by atoms with E-state index in [9.17, 15) is 14.4 Å². The molecule has 28 heavy (non-hydrogen) atoms. The van der Waals surface area contributed by atoms with Gasteiger partial charge in [0.2, 0.25) is 5.91 Å². The van der Waals surface area contributed by atoms with Crippen LogP contribution in [0.1, 0.15) is 23.8 Å². The van der Waals surface area contributed by atoms with Gasteiger partial charge in [-0.3, -0.25) is 19.0 Å². The van der Waals surface area contributed by atoms with Crippen LogP contribution in [0.15, 0.2) is 22.6 Å². The Bertz CT molecular complexity index is 980. The van der Waals surface area contributed by atoms with Gasteiger partial charge in [-0.1, -0.05) is 24.8 Å². The van der Waals surface area contributed by atoms with E-state index in [0.717, 1.165) is 29.7 Å². The Balaban J connectivity index is 1.88. The highest BCUT2D eigenvalue weighted by atomic mass is 32.2. The molecule has 0 fully saturated rings. The summed E-state index contributed by atoms with van der Waals surface area (Å²) >= 11 is 2.76. The van der Waals surface area contributed by atoms with Crippen LogP contribution >= 0.6 is 23.1 Å². The van der Waals surface area contributed by atoms with Crippen molar-refractivity contribution in [3.63, 3.8) is 0 Å². The first kappa shape index (κ1) is 20.6. The van der Waals surface area contributed by atoms with E-state index in [1.165, 1.54) is 23.7 Å². The fourth-order valence-corrected chi connectivity index (χ4v) is 5.49. The number of amides is 1. The Morgan fingerprint density at radius 2 is 2.29 bits per heavy atom. The molecule has 7 nitrogen and oxygen atoms in total. The molecule has 1 aliphatic carbocycles. The predicted octanol–water partition coefficient (Wildman–Crippen LogP) is 2.15. The lowest BCUT2D eigenvalue weighted by Gasteiger charge is -2.17. The standard InChI is InChI=1S/C19H23N3O4S2/c1-4-7-22-18(25)16-12-6-5-11(2)8-13(12)28-17(16)21-19(22)27-10-14(23)20-9-15(24)26-3/h4,11H,1,5-10H2,2-3H3,(H,20,23). The smallest absolute Gasteiger partial charge is 0.325 e. The molecule has 1 N–H and O–H groups in total. The number of nitrogens with zero attached hydrogens (tertiary/aromatic N) is 2. The van der Waals surface area contributed by atoms with Gasteiger partial charge in [-0.15, -0.1) is 17.9 Å². The topological polar surface area (TPSA) is 90.3 Å². The number of fused-ring (bicyclic) bond motifs is 3. The van der Waals surface area contributed by atoms with Crippen LogP contribution in [0.25, 0.3) is 10.2 Å². The van der Waals surface area contributed by atoms with Crippen molar-refractivity contribution in [1.82, 2.24) is 14.9 Å². The molecular formula is C19H23N3O4S2. The van der Waals surface area contributed by atoms with Gasteiger partial charge in [0.15, 0.2) is 5.16 Å². The van der Waals surface area contributed by atoms with E-state index in [1.807, 2.05) is 0 Å². The molecule has 2 aromatic rings. The Labute approximate surface area is 171 Å². The zero-order valence-electron chi connectivity index (χ0n) is 15.9. The third-order valence-electron chi connectivity index (χ3n) is 4.68. The molecule has 0 saturated carbocycles. The summed E-state index contributed by atoms with van der Waals surface area (Å²) in [5.41, 5.74) is 1.07. The van der Waals surface area contributed by atoms with E-state index in [0.29, 0.717) is 23.0 Å². The van der Waals surface area contributed by atoms with Crippen molar-refractivity contribution in [1.29, 1.82) is 0 Å². The summed E-state index contributed by atoms with van der Waals surface area (Å²) in [7, 11) is 1.26. The van der Waals surface area contributed by atoms with Crippen molar-refractivity contribution >= 4 is 45.2 Å². The van der Waals surface area contributed by atoms with Crippen molar-refractivity contribution in [2.45, 2.75) is 37.9 Å². The summed E-state index contributed by atoms with van der Waals surface area (Å²) in [5, 5.41) is 3.68. The number of carbonyl (C=O) groups excluding carboxylic acids is 2. The number of aromatic nitrogens is 2. The summed E-state index contributed by atoms with van der Waals surface area (Å²) in [6, 6.07) is 0. The van der Waals surface area contributed by atoms with E-state index in [1.54, 1.807) is 22.0 Å². The fraction of sp³-hybridized carbons (Fsp3) is 0.474. The number of carbonyl (C=O) groups is 2. The molecular weight excluding hydrogens is 398 g/mol. The second-order valence-electron chi connectivity index (χ2n) is 6.77. The molecule has 9 heteroatoms. The highest BCUT2D eigenvalue weighted by Crippen LogP contribution is 2.36. The highest BCUT2D eigenvalue weighted by molar-refractivity contribution is 7.99. The van der Waals surface area contributed by atoms with Gasteiger partial charge < -0.3 is 10.1 Å². The molecule has 0 radical (unpaired) electrons. The van der Waals surface area contributed by atoms with Gasteiger partial charge >= 0.3 is 5.97 Å². The number of allylic oxidation sites excluding steroid dienone is 1. The molecule has 1 unspecified atom stereocenters. The van der Waals surface area contributed by atoms with E-state index in [2.05, 4.69) is 23.6 Å². The Morgan fingerprint density at radius 1 is 1.50 bits per heavy atom. The molecule has 3 rings (SSSR count). The van der Waals surface area contributed by atoms with Crippen LogP contribution in [-0.2, 0) is 33.7 Å². The average Bonchev–Trinajstić information content (AvgIpc) is 3.04. The SMILES string of the molecule is C=CCn1c(SCC(=O)NCC(=O)OC)nc2sc3c(c2c1=O)CCC(C)C3. The van der Waals surface area contributed by atoms with Gasteiger partial charge in [0.25, 0.3) is 5.56 Å². The second-order valence-corrected chi connectivity index (χ2v) is 8.80. The monoisotopic (exact) mass is 421 g/mol. The molecule has 2 aromatic heterocycles. The Morgan fingerprint density at radius 3 is 3.00 bits per heavy atom. The first-order valence-electron chi connectivity index (χ1n) is 9.06. The van der Waals surface area contributed by atoms with Crippen LogP contribution < -0.4 is 10.9 Å². The zero-order chi connectivity index (χ0) is 20.3. The van der Waals surface area contributed by atoms with Gasteiger partial charge in [-0.2, -0.15) is 0 Å². The number of esters is 1. The van der Waals surface area contributed by atoms with Crippen LogP contribution in [0, 0.1) is 5.92 Å². The summed E-state index contributed by atoms with van der Waals surface area (Å²) in [6.07, 6.45) is 4.62. The quantitative estimate of drug-likeness (QED) is 0.319. The van der Waals surface area contributed by atoms with E-state index in [4.69, 9.17) is 4.98 Å². The first-order chi connectivity index (χ1) is 13.4. The molecule has 0 aromatic carbocycles.